The van der Waals surface area contributed by atoms with E-state index < -0.39 is 0 Å². The molecule has 3 aromatic rings. The molecule has 0 saturated heterocycles. The van der Waals surface area contributed by atoms with E-state index in [0.29, 0.717) is 12.3 Å². The molecule has 26 heavy (non-hydrogen) atoms. The van der Waals surface area contributed by atoms with Gasteiger partial charge in [-0.05, 0) is 50.6 Å². The van der Waals surface area contributed by atoms with E-state index in [4.69, 9.17) is 9.15 Å². The number of nitrogens with zero attached hydrogens (tertiary/aromatic N) is 2. The van der Waals surface area contributed by atoms with Crippen LogP contribution >= 0.6 is 0 Å². The zero-order chi connectivity index (χ0) is 18.5. The molecule has 0 saturated carbocycles. The Kier molecular flexibility index (Phi) is 5.41. The number of ether oxygens (including phenoxy) is 1. The molecule has 2 aromatic heterocycles. The minimum atomic E-state index is -0.207. The van der Waals surface area contributed by atoms with Gasteiger partial charge in [0.2, 0.25) is 0 Å². The number of para-hydroxylation sites is 1. The van der Waals surface area contributed by atoms with Crippen molar-refractivity contribution < 1.29 is 13.9 Å². The first-order chi connectivity index (χ1) is 12.5. The minimum absolute atomic E-state index is 0.0349. The molecular weight excluding hydrogens is 330 g/mol. The van der Waals surface area contributed by atoms with Gasteiger partial charge in [-0.2, -0.15) is 5.10 Å². The highest BCUT2D eigenvalue weighted by Crippen LogP contribution is 2.20. The van der Waals surface area contributed by atoms with Crippen molar-refractivity contribution in [2.45, 2.75) is 26.8 Å². The fourth-order valence-electron chi connectivity index (χ4n) is 2.87. The summed E-state index contributed by atoms with van der Waals surface area (Å²) >= 11 is 0. The van der Waals surface area contributed by atoms with E-state index in [1.807, 2.05) is 67.9 Å². The minimum Gasteiger partial charge on any atom is -0.484 e. The Balaban J connectivity index is 1.64. The molecule has 136 valence electrons. The molecule has 0 aliphatic heterocycles. The maximum absolute atomic E-state index is 12.2. The Labute approximate surface area is 152 Å². The van der Waals surface area contributed by atoms with Crippen molar-refractivity contribution >= 4 is 5.91 Å². The second kappa shape index (κ2) is 7.91. The Morgan fingerprint density at radius 1 is 1.23 bits per heavy atom. The molecular formula is C20H23N3O3. The lowest BCUT2D eigenvalue weighted by molar-refractivity contribution is -0.123. The summed E-state index contributed by atoms with van der Waals surface area (Å²) in [6.45, 7) is 6.21. The highest BCUT2D eigenvalue weighted by atomic mass is 16.5. The lowest BCUT2D eigenvalue weighted by atomic mass is 10.2. The van der Waals surface area contributed by atoms with Crippen LogP contribution < -0.4 is 10.1 Å². The van der Waals surface area contributed by atoms with Crippen molar-refractivity contribution in [1.82, 2.24) is 15.1 Å². The smallest absolute Gasteiger partial charge is 0.258 e. The van der Waals surface area contributed by atoms with Crippen molar-refractivity contribution in [3.63, 3.8) is 0 Å². The van der Waals surface area contributed by atoms with Gasteiger partial charge in [-0.15, -0.1) is 0 Å². The van der Waals surface area contributed by atoms with Crippen molar-refractivity contribution in [3.05, 3.63) is 71.4 Å². The van der Waals surface area contributed by atoms with Gasteiger partial charge in [-0.1, -0.05) is 18.2 Å². The van der Waals surface area contributed by atoms with E-state index in [-0.39, 0.29) is 18.6 Å². The number of aromatic nitrogens is 2. The number of amides is 1. The van der Waals surface area contributed by atoms with Crippen molar-refractivity contribution in [2.24, 2.45) is 0 Å². The molecule has 0 aliphatic rings. The average Bonchev–Trinajstić information content (AvgIpc) is 3.25. The Morgan fingerprint density at radius 2 is 2.04 bits per heavy atom. The van der Waals surface area contributed by atoms with E-state index in [2.05, 4.69) is 10.4 Å². The lowest BCUT2D eigenvalue weighted by Crippen LogP contribution is -2.35. The second-order valence-electron chi connectivity index (χ2n) is 6.26. The van der Waals surface area contributed by atoms with Gasteiger partial charge in [-0.25, -0.2) is 0 Å². The first kappa shape index (κ1) is 17.8. The van der Waals surface area contributed by atoms with Gasteiger partial charge in [-0.3, -0.25) is 9.48 Å². The molecule has 1 N–H and O–H groups in total. The van der Waals surface area contributed by atoms with Crippen LogP contribution in [-0.4, -0.2) is 28.8 Å². The number of hydrogen-bond donors (Lipinski definition) is 1. The van der Waals surface area contributed by atoms with Crippen LogP contribution in [0.5, 0.6) is 5.75 Å². The van der Waals surface area contributed by atoms with Crippen LogP contribution in [0.4, 0.5) is 0 Å². The van der Waals surface area contributed by atoms with Crippen molar-refractivity contribution in [3.8, 4) is 5.75 Å². The van der Waals surface area contributed by atoms with Crippen LogP contribution in [0, 0.1) is 20.8 Å². The molecule has 0 bridgehead atoms. The van der Waals surface area contributed by atoms with Gasteiger partial charge in [0, 0.05) is 12.2 Å². The number of furan rings is 1. The van der Waals surface area contributed by atoms with Crippen LogP contribution in [0.25, 0.3) is 0 Å². The summed E-state index contributed by atoms with van der Waals surface area (Å²) in [5.41, 5.74) is 2.93. The van der Waals surface area contributed by atoms with E-state index >= 15 is 0 Å². The third kappa shape index (κ3) is 4.14. The van der Waals surface area contributed by atoms with Crippen LogP contribution in [-0.2, 0) is 4.79 Å². The quantitative estimate of drug-likeness (QED) is 0.708. The van der Waals surface area contributed by atoms with Gasteiger partial charge in [0.1, 0.15) is 17.6 Å². The summed E-state index contributed by atoms with van der Waals surface area (Å²) in [5, 5.41) is 7.43. The molecule has 1 atom stereocenters. The number of benzene rings is 1. The molecule has 3 rings (SSSR count). The maximum Gasteiger partial charge on any atom is 0.258 e. The summed E-state index contributed by atoms with van der Waals surface area (Å²) in [6.07, 6.45) is 1.62. The molecule has 0 fully saturated rings. The fourth-order valence-corrected chi connectivity index (χ4v) is 2.87. The van der Waals surface area contributed by atoms with Gasteiger partial charge >= 0.3 is 0 Å². The molecule has 1 amide bonds. The number of aryl methyl sites for hydroxylation is 3. The first-order valence-corrected chi connectivity index (χ1v) is 8.56. The largest absolute Gasteiger partial charge is 0.484 e. The van der Waals surface area contributed by atoms with Crippen molar-refractivity contribution in [2.75, 3.05) is 13.2 Å². The first-order valence-electron chi connectivity index (χ1n) is 8.56. The predicted molar refractivity (Wildman–Crippen MR) is 98.2 cm³/mol. The van der Waals surface area contributed by atoms with Crippen LogP contribution in [0.2, 0.25) is 0 Å². The monoisotopic (exact) mass is 353 g/mol. The third-order valence-electron chi connectivity index (χ3n) is 4.16. The number of rotatable bonds is 7. The van der Waals surface area contributed by atoms with E-state index in [0.717, 1.165) is 22.7 Å². The maximum atomic E-state index is 12.2. The molecule has 0 aliphatic carbocycles. The van der Waals surface area contributed by atoms with E-state index in [9.17, 15) is 4.79 Å². The highest BCUT2D eigenvalue weighted by Gasteiger charge is 2.20. The molecule has 1 unspecified atom stereocenters. The fraction of sp³-hybridized carbons (Fsp3) is 0.300. The molecule has 6 heteroatoms. The van der Waals surface area contributed by atoms with Crippen LogP contribution in [0.1, 0.15) is 28.8 Å². The Hall–Kier alpha value is -3.02. The van der Waals surface area contributed by atoms with Gasteiger partial charge in [0.05, 0.1) is 12.0 Å². The zero-order valence-electron chi connectivity index (χ0n) is 15.2. The van der Waals surface area contributed by atoms with Gasteiger partial charge < -0.3 is 14.5 Å². The zero-order valence-corrected chi connectivity index (χ0v) is 15.2. The number of hydrogen-bond acceptors (Lipinski definition) is 4. The normalized spacial score (nSPS) is 12.0. The van der Waals surface area contributed by atoms with Gasteiger partial charge in [0.15, 0.2) is 6.61 Å². The standard InChI is InChI=1S/C20H23N3O3/c1-14-7-4-5-8-18(14)26-13-20(24)21-12-17(19-9-6-10-25-19)23-16(3)11-15(2)22-23/h4-11,17H,12-13H2,1-3H3,(H,21,24). The Bertz CT molecular complexity index is 868. The third-order valence-corrected chi connectivity index (χ3v) is 4.16. The summed E-state index contributed by atoms with van der Waals surface area (Å²) in [6, 6.07) is 13.1. The summed E-state index contributed by atoms with van der Waals surface area (Å²) < 4.78 is 13.0. The number of carbonyl (C=O) groups excluding carboxylic acids is 1. The Morgan fingerprint density at radius 3 is 2.69 bits per heavy atom. The summed E-state index contributed by atoms with van der Waals surface area (Å²) in [7, 11) is 0. The summed E-state index contributed by atoms with van der Waals surface area (Å²) in [4.78, 5) is 12.2. The molecule has 6 nitrogen and oxygen atoms in total. The van der Waals surface area contributed by atoms with Gasteiger partial charge in [0.25, 0.3) is 5.91 Å². The highest BCUT2D eigenvalue weighted by molar-refractivity contribution is 5.77. The van der Waals surface area contributed by atoms with Crippen molar-refractivity contribution in [1.29, 1.82) is 0 Å². The van der Waals surface area contributed by atoms with E-state index in [1.54, 1.807) is 6.26 Å². The topological polar surface area (TPSA) is 69.3 Å². The van der Waals surface area contributed by atoms with E-state index in [1.165, 1.54) is 0 Å². The number of nitrogens with one attached hydrogen (secondary N) is 1. The summed E-state index contributed by atoms with van der Waals surface area (Å²) in [5.74, 6) is 1.27. The second-order valence-corrected chi connectivity index (χ2v) is 6.26. The molecule has 0 radical (unpaired) electrons. The molecule has 2 heterocycles. The predicted octanol–water partition coefficient (Wildman–Crippen LogP) is 3.19. The average molecular weight is 353 g/mol. The van der Waals surface area contributed by atoms with Crippen LogP contribution in [0.3, 0.4) is 0 Å². The number of carbonyl (C=O) groups is 1. The molecule has 0 spiro atoms. The van der Waals surface area contributed by atoms with Crippen LogP contribution in [0.15, 0.2) is 53.1 Å². The lowest BCUT2D eigenvalue weighted by Gasteiger charge is -2.18. The SMILES string of the molecule is Cc1cc(C)n(C(CNC(=O)COc2ccccc2C)c2ccco2)n1. The molecule has 1 aromatic carbocycles.